The highest BCUT2D eigenvalue weighted by atomic mass is 35.5. The second-order valence-electron chi connectivity index (χ2n) is 5.39. The van der Waals surface area contributed by atoms with Gasteiger partial charge in [0.2, 0.25) is 0 Å². The summed E-state index contributed by atoms with van der Waals surface area (Å²) >= 11 is 13.0. The van der Waals surface area contributed by atoms with E-state index in [2.05, 4.69) is 13.8 Å². The molecule has 1 aliphatic rings. The number of ether oxygens (including phenoxy) is 2. The Bertz CT molecular complexity index is 711. The summed E-state index contributed by atoms with van der Waals surface area (Å²) < 4.78 is 12.1. The van der Waals surface area contributed by atoms with Crippen molar-refractivity contribution in [2.75, 3.05) is 0 Å². The lowest BCUT2D eigenvalue weighted by Crippen LogP contribution is -2.06. The van der Waals surface area contributed by atoms with E-state index in [0.29, 0.717) is 27.3 Å². The van der Waals surface area contributed by atoms with Gasteiger partial charge in [0.15, 0.2) is 23.0 Å². The average Bonchev–Trinajstić information content (AvgIpc) is 2.54. The minimum Gasteiger partial charge on any atom is -0.449 e. The Kier molecular flexibility index (Phi) is 4.51. The zero-order valence-corrected chi connectivity index (χ0v) is 14.2. The van der Waals surface area contributed by atoms with Gasteiger partial charge in [-0.3, -0.25) is 0 Å². The maximum absolute atomic E-state index is 6.51. The fraction of sp³-hybridized carbons (Fsp3) is 0.333. The van der Waals surface area contributed by atoms with E-state index in [-0.39, 0.29) is 0 Å². The van der Waals surface area contributed by atoms with Crippen LogP contribution in [0, 0.1) is 0 Å². The van der Waals surface area contributed by atoms with Crippen LogP contribution in [0.3, 0.4) is 0 Å². The first kappa shape index (κ1) is 15.5. The summed E-state index contributed by atoms with van der Waals surface area (Å²) in [5.74, 6) is 2.64. The number of rotatable bonds is 4. The normalized spacial score (nSPS) is 12.2. The van der Waals surface area contributed by atoms with E-state index in [9.17, 15) is 0 Å². The quantitative estimate of drug-likeness (QED) is 0.521. The molecule has 0 saturated heterocycles. The van der Waals surface area contributed by atoms with Crippen molar-refractivity contribution in [3.8, 4) is 23.0 Å². The third kappa shape index (κ3) is 2.55. The third-order valence-electron chi connectivity index (χ3n) is 3.77. The fourth-order valence-corrected chi connectivity index (χ4v) is 3.33. The third-order valence-corrected chi connectivity index (χ3v) is 4.65. The first-order valence-corrected chi connectivity index (χ1v) is 8.40. The van der Waals surface area contributed by atoms with Gasteiger partial charge in [-0.2, -0.15) is 0 Å². The highest BCUT2D eigenvalue weighted by Gasteiger charge is 2.28. The summed E-state index contributed by atoms with van der Waals surface area (Å²) in [5.41, 5.74) is 2.20. The van der Waals surface area contributed by atoms with Crippen molar-refractivity contribution in [2.45, 2.75) is 39.5 Å². The van der Waals surface area contributed by atoms with Crippen LogP contribution in [-0.2, 0) is 12.8 Å². The molecule has 0 fully saturated rings. The van der Waals surface area contributed by atoms with Crippen molar-refractivity contribution in [2.24, 2.45) is 0 Å². The molecule has 0 bridgehead atoms. The summed E-state index contributed by atoms with van der Waals surface area (Å²) in [7, 11) is 0. The van der Waals surface area contributed by atoms with Gasteiger partial charge in [-0.25, -0.2) is 0 Å². The predicted molar refractivity (Wildman–Crippen MR) is 91.0 cm³/mol. The zero-order chi connectivity index (χ0) is 15.7. The summed E-state index contributed by atoms with van der Waals surface area (Å²) in [5, 5.41) is 1.03. The molecule has 1 aliphatic heterocycles. The van der Waals surface area contributed by atoms with Crippen molar-refractivity contribution >= 4 is 23.2 Å². The number of hydrogen-bond acceptors (Lipinski definition) is 2. The Labute approximate surface area is 141 Å². The largest absolute Gasteiger partial charge is 0.449 e. The number of halogens is 2. The van der Waals surface area contributed by atoms with Crippen LogP contribution in [0.4, 0.5) is 0 Å². The van der Waals surface area contributed by atoms with E-state index in [1.54, 1.807) is 0 Å². The highest BCUT2D eigenvalue weighted by molar-refractivity contribution is 6.43. The van der Waals surface area contributed by atoms with Crippen LogP contribution >= 0.6 is 23.2 Å². The molecule has 0 atom stereocenters. The lowest BCUT2D eigenvalue weighted by molar-refractivity contribution is 0.355. The molecule has 2 aromatic carbocycles. The van der Waals surface area contributed by atoms with Crippen LogP contribution in [0.1, 0.15) is 37.8 Å². The van der Waals surface area contributed by atoms with Crippen molar-refractivity contribution in [3.63, 3.8) is 0 Å². The second-order valence-corrected chi connectivity index (χ2v) is 6.15. The number of para-hydroxylation sites is 2. The predicted octanol–water partition coefficient (Wildman–Crippen LogP) is 6.80. The molecule has 1 heterocycles. The Morgan fingerprint density at radius 3 is 1.91 bits per heavy atom. The van der Waals surface area contributed by atoms with E-state index in [1.807, 2.05) is 24.3 Å². The van der Waals surface area contributed by atoms with E-state index in [1.165, 1.54) is 0 Å². The van der Waals surface area contributed by atoms with Gasteiger partial charge in [-0.15, -0.1) is 0 Å². The van der Waals surface area contributed by atoms with E-state index in [4.69, 9.17) is 32.7 Å². The molecule has 2 aromatic rings. The monoisotopic (exact) mass is 336 g/mol. The molecule has 0 unspecified atom stereocenters. The van der Waals surface area contributed by atoms with Crippen LogP contribution in [0.15, 0.2) is 24.3 Å². The lowest BCUT2D eigenvalue weighted by atomic mass is 9.97. The molecule has 0 spiro atoms. The van der Waals surface area contributed by atoms with Crippen molar-refractivity contribution in [1.29, 1.82) is 0 Å². The van der Waals surface area contributed by atoms with Crippen LogP contribution in [0.25, 0.3) is 0 Å². The molecule has 0 aliphatic carbocycles. The minimum atomic E-state index is 0.439. The van der Waals surface area contributed by atoms with Gasteiger partial charge in [-0.1, -0.05) is 62.0 Å². The van der Waals surface area contributed by atoms with Crippen molar-refractivity contribution in [1.82, 2.24) is 0 Å². The van der Waals surface area contributed by atoms with Crippen LogP contribution in [0.5, 0.6) is 23.0 Å². The van der Waals surface area contributed by atoms with Gasteiger partial charge in [0.1, 0.15) is 5.02 Å². The van der Waals surface area contributed by atoms with Gasteiger partial charge in [0.25, 0.3) is 0 Å². The van der Waals surface area contributed by atoms with E-state index < -0.39 is 0 Å². The molecule has 22 heavy (non-hydrogen) atoms. The molecular weight excluding hydrogens is 319 g/mol. The van der Waals surface area contributed by atoms with Gasteiger partial charge in [-0.05, 0) is 30.5 Å². The van der Waals surface area contributed by atoms with Crippen LogP contribution < -0.4 is 9.47 Å². The Hall–Kier alpha value is -1.38. The molecule has 0 N–H and O–H groups in total. The molecule has 0 radical (unpaired) electrons. The van der Waals surface area contributed by atoms with Crippen LogP contribution in [0.2, 0.25) is 10.0 Å². The summed E-state index contributed by atoms with van der Waals surface area (Å²) in [6, 6.07) is 7.59. The Morgan fingerprint density at radius 2 is 1.32 bits per heavy atom. The Balaban J connectivity index is 2.20. The number of fused-ring (bicyclic) bond motifs is 2. The smallest absolute Gasteiger partial charge is 0.190 e. The molecule has 0 amide bonds. The SMILES string of the molecule is CCCc1c(Cl)c(Cl)c2c(c1CCC)Oc1ccccc1O2. The summed E-state index contributed by atoms with van der Waals surface area (Å²) in [4.78, 5) is 0. The van der Waals surface area contributed by atoms with Crippen molar-refractivity contribution in [3.05, 3.63) is 45.4 Å². The lowest BCUT2D eigenvalue weighted by Gasteiger charge is -2.26. The Morgan fingerprint density at radius 1 is 0.773 bits per heavy atom. The van der Waals surface area contributed by atoms with Gasteiger partial charge < -0.3 is 9.47 Å². The molecule has 2 nitrogen and oxygen atoms in total. The second kappa shape index (κ2) is 6.39. The first-order chi connectivity index (χ1) is 10.7. The van der Waals surface area contributed by atoms with Crippen molar-refractivity contribution < 1.29 is 9.47 Å². The first-order valence-electron chi connectivity index (χ1n) is 7.64. The maximum Gasteiger partial charge on any atom is 0.190 e. The van der Waals surface area contributed by atoms with Gasteiger partial charge in [0.05, 0.1) is 5.02 Å². The molecule has 4 heteroatoms. The molecule has 3 rings (SSSR count). The zero-order valence-electron chi connectivity index (χ0n) is 12.7. The molecular formula is C18H18Cl2O2. The minimum absolute atomic E-state index is 0.439. The van der Waals surface area contributed by atoms with Gasteiger partial charge >= 0.3 is 0 Å². The summed E-state index contributed by atoms with van der Waals surface area (Å²) in [6.07, 6.45) is 3.78. The summed E-state index contributed by atoms with van der Waals surface area (Å²) in [6.45, 7) is 4.27. The van der Waals surface area contributed by atoms with E-state index in [0.717, 1.165) is 42.6 Å². The molecule has 116 valence electrons. The molecule has 0 saturated carbocycles. The van der Waals surface area contributed by atoms with Gasteiger partial charge in [0, 0.05) is 5.56 Å². The topological polar surface area (TPSA) is 18.5 Å². The van der Waals surface area contributed by atoms with Crippen LogP contribution in [-0.4, -0.2) is 0 Å². The maximum atomic E-state index is 6.51. The standard InChI is InChI=1S/C18H18Cl2O2/c1-3-7-11-12(8-4-2)17-18(16(20)15(11)19)22-14-10-6-5-9-13(14)21-17/h5-6,9-10H,3-4,7-8H2,1-2H3. The number of hydrogen-bond donors (Lipinski definition) is 0. The number of benzene rings is 2. The molecule has 0 aromatic heterocycles. The fourth-order valence-electron chi connectivity index (χ4n) is 2.80. The highest BCUT2D eigenvalue weighted by Crippen LogP contribution is 2.54. The van der Waals surface area contributed by atoms with E-state index >= 15 is 0 Å². The average molecular weight is 337 g/mol.